The highest BCUT2D eigenvalue weighted by molar-refractivity contribution is 5.77. The van der Waals surface area contributed by atoms with Crippen molar-refractivity contribution in [1.29, 1.82) is 0 Å². The molecule has 25 heavy (non-hydrogen) atoms. The second-order valence-electron chi connectivity index (χ2n) is 6.92. The SMILES string of the molecule is CC(C)CC(=O)N1CCC(NC(=O)NC/C=C/c2ccccc2)CC1. The van der Waals surface area contributed by atoms with Gasteiger partial charge in [0, 0.05) is 32.1 Å². The van der Waals surface area contributed by atoms with Gasteiger partial charge in [0.25, 0.3) is 0 Å². The van der Waals surface area contributed by atoms with Gasteiger partial charge in [0.15, 0.2) is 0 Å². The number of carbonyl (C=O) groups excluding carboxylic acids is 2. The van der Waals surface area contributed by atoms with Crippen LogP contribution in [0, 0.1) is 5.92 Å². The fourth-order valence-electron chi connectivity index (χ4n) is 2.90. The molecule has 1 aliphatic rings. The van der Waals surface area contributed by atoms with Crippen molar-refractivity contribution in [1.82, 2.24) is 15.5 Å². The second-order valence-corrected chi connectivity index (χ2v) is 6.92. The predicted octanol–water partition coefficient (Wildman–Crippen LogP) is 3.04. The summed E-state index contributed by atoms with van der Waals surface area (Å²) in [6.07, 6.45) is 6.15. The lowest BCUT2D eigenvalue weighted by Crippen LogP contribution is -2.49. The number of carbonyl (C=O) groups is 2. The summed E-state index contributed by atoms with van der Waals surface area (Å²) in [6, 6.07) is 9.97. The average Bonchev–Trinajstić information content (AvgIpc) is 2.60. The normalized spacial score (nSPS) is 15.6. The molecule has 0 bridgehead atoms. The molecule has 1 aromatic rings. The van der Waals surface area contributed by atoms with Crippen molar-refractivity contribution < 1.29 is 9.59 Å². The summed E-state index contributed by atoms with van der Waals surface area (Å²) in [4.78, 5) is 25.9. The zero-order valence-electron chi connectivity index (χ0n) is 15.2. The molecule has 0 aliphatic carbocycles. The number of hydrogen-bond acceptors (Lipinski definition) is 2. The van der Waals surface area contributed by atoms with Crippen LogP contribution in [0.1, 0.15) is 38.7 Å². The van der Waals surface area contributed by atoms with Crippen LogP contribution in [0.4, 0.5) is 4.79 Å². The zero-order chi connectivity index (χ0) is 18.1. The standard InChI is InChI=1S/C20H29N3O2/c1-16(2)15-19(24)23-13-10-18(11-14-23)22-20(25)21-12-6-9-17-7-4-3-5-8-17/h3-9,16,18H,10-15H2,1-2H3,(H2,21,22,25)/b9-6+. The second kappa shape index (κ2) is 9.87. The van der Waals surface area contributed by atoms with Crippen LogP contribution >= 0.6 is 0 Å². The Morgan fingerprint density at radius 1 is 1.20 bits per heavy atom. The Kier molecular flexibility index (Phi) is 7.51. The van der Waals surface area contributed by atoms with Crippen molar-refractivity contribution in [2.24, 2.45) is 5.92 Å². The van der Waals surface area contributed by atoms with E-state index in [4.69, 9.17) is 0 Å². The van der Waals surface area contributed by atoms with Crippen molar-refractivity contribution in [2.75, 3.05) is 19.6 Å². The Morgan fingerprint density at radius 2 is 1.88 bits per heavy atom. The number of nitrogens with one attached hydrogen (secondary N) is 2. The molecule has 0 atom stereocenters. The van der Waals surface area contributed by atoms with E-state index >= 15 is 0 Å². The van der Waals surface area contributed by atoms with Gasteiger partial charge in [-0.05, 0) is 24.3 Å². The van der Waals surface area contributed by atoms with E-state index in [1.54, 1.807) is 0 Å². The lowest BCUT2D eigenvalue weighted by molar-refractivity contribution is -0.133. The predicted molar refractivity (Wildman–Crippen MR) is 101 cm³/mol. The molecule has 2 rings (SSSR count). The molecule has 1 fully saturated rings. The maximum Gasteiger partial charge on any atom is 0.315 e. The number of urea groups is 1. The Morgan fingerprint density at radius 3 is 2.52 bits per heavy atom. The van der Waals surface area contributed by atoms with Gasteiger partial charge >= 0.3 is 6.03 Å². The third kappa shape index (κ3) is 6.99. The van der Waals surface area contributed by atoms with Gasteiger partial charge in [-0.25, -0.2) is 4.79 Å². The van der Waals surface area contributed by atoms with Crippen molar-refractivity contribution in [2.45, 2.75) is 39.2 Å². The molecule has 1 saturated heterocycles. The number of hydrogen-bond donors (Lipinski definition) is 2. The largest absolute Gasteiger partial charge is 0.343 e. The first-order valence-electron chi connectivity index (χ1n) is 9.08. The van der Waals surface area contributed by atoms with E-state index in [1.807, 2.05) is 47.4 Å². The highest BCUT2D eigenvalue weighted by Gasteiger charge is 2.23. The molecular formula is C20H29N3O2. The van der Waals surface area contributed by atoms with Crippen LogP contribution in [-0.4, -0.2) is 42.5 Å². The molecule has 5 nitrogen and oxygen atoms in total. The molecule has 0 unspecified atom stereocenters. The van der Waals surface area contributed by atoms with E-state index in [-0.39, 0.29) is 18.0 Å². The van der Waals surface area contributed by atoms with Crippen LogP contribution in [0.15, 0.2) is 36.4 Å². The first-order chi connectivity index (χ1) is 12.0. The first-order valence-corrected chi connectivity index (χ1v) is 9.08. The number of piperidine rings is 1. The fourth-order valence-corrected chi connectivity index (χ4v) is 2.90. The Bertz CT molecular complexity index is 576. The lowest BCUT2D eigenvalue weighted by Gasteiger charge is -2.32. The van der Waals surface area contributed by atoms with E-state index in [0.29, 0.717) is 18.9 Å². The van der Waals surface area contributed by atoms with Crippen LogP contribution in [0.25, 0.3) is 6.08 Å². The number of benzene rings is 1. The van der Waals surface area contributed by atoms with Crippen LogP contribution in [-0.2, 0) is 4.79 Å². The lowest BCUT2D eigenvalue weighted by atomic mass is 10.0. The monoisotopic (exact) mass is 343 g/mol. The number of amides is 3. The van der Waals surface area contributed by atoms with Gasteiger partial charge in [0.1, 0.15) is 0 Å². The summed E-state index contributed by atoms with van der Waals surface area (Å²) in [5.41, 5.74) is 1.11. The first kappa shape index (κ1) is 19.0. The van der Waals surface area contributed by atoms with Crippen LogP contribution in [0.5, 0.6) is 0 Å². The molecule has 0 radical (unpaired) electrons. The minimum atomic E-state index is -0.148. The number of rotatable bonds is 6. The fraction of sp³-hybridized carbons (Fsp3) is 0.500. The molecule has 0 spiro atoms. The molecule has 136 valence electrons. The maximum atomic E-state index is 12.0. The third-order valence-corrected chi connectivity index (χ3v) is 4.26. The smallest absolute Gasteiger partial charge is 0.315 e. The summed E-state index contributed by atoms with van der Waals surface area (Å²) in [5, 5.41) is 5.84. The van der Waals surface area contributed by atoms with Crippen LogP contribution in [0.3, 0.4) is 0 Å². The summed E-state index contributed by atoms with van der Waals surface area (Å²) in [5.74, 6) is 0.613. The summed E-state index contributed by atoms with van der Waals surface area (Å²) in [6.45, 7) is 6.06. The molecule has 0 aromatic heterocycles. The molecule has 2 N–H and O–H groups in total. The van der Waals surface area contributed by atoms with E-state index in [0.717, 1.165) is 31.5 Å². The van der Waals surface area contributed by atoms with Gasteiger partial charge in [-0.2, -0.15) is 0 Å². The van der Waals surface area contributed by atoms with E-state index in [1.165, 1.54) is 0 Å². The van der Waals surface area contributed by atoms with E-state index in [9.17, 15) is 9.59 Å². The zero-order valence-corrected chi connectivity index (χ0v) is 15.2. The van der Waals surface area contributed by atoms with Gasteiger partial charge < -0.3 is 15.5 Å². The van der Waals surface area contributed by atoms with Crippen molar-refractivity contribution >= 4 is 18.0 Å². The minimum Gasteiger partial charge on any atom is -0.343 e. The highest BCUT2D eigenvalue weighted by atomic mass is 16.2. The van der Waals surface area contributed by atoms with Gasteiger partial charge in [-0.1, -0.05) is 56.3 Å². The third-order valence-electron chi connectivity index (χ3n) is 4.26. The van der Waals surface area contributed by atoms with E-state index in [2.05, 4.69) is 24.5 Å². The number of likely N-dealkylation sites (tertiary alicyclic amines) is 1. The highest BCUT2D eigenvalue weighted by Crippen LogP contribution is 2.13. The minimum absolute atomic E-state index is 0.140. The van der Waals surface area contributed by atoms with E-state index < -0.39 is 0 Å². The maximum absolute atomic E-state index is 12.0. The Balaban J connectivity index is 1.63. The topological polar surface area (TPSA) is 61.4 Å². The summed E-state index contributed by atoms with van der Waals surface area (Å²) in [7, 11) is 0. The molecule has 0 saturated carbocycles. The Hall–Kier alpha value is -2.30. The molecule has 5 heteroatoms. The number of nitrogens with zero attached hydrogens (tertiary/aromatic N) is 1. The average molecular weight is 343 g/mol. The van der Waals surface area contributed by atoms with Crippen LogP contribution in [0.2, 0.25) is 0 Å². The van der Waals surface area contributed by atoms with Gasteiger partial charge in [-0.3, -0.25) is 4.79 Å². The summed E-state index contributed by atoms with van der Waals surface area (Å²) >= 11 is 0. The molecule has 1 aliphatic heterocycles. The van der Waals surface area contributed by atoms with Gasteiger partial charge in [-0.15, -0.1) is 0 Å². The quantitative estimate of drug-likeness (QED) is 0.834. The van der Waals surface area contributed by atoms with Gasteiger partial charge in [0.05, 0.1) is 0 Å². The van der Waals surface area contributed by atoms with Crippen molar-refractivity contribution in [3.63, 3.8) is 0 Å². The van der Waals surface area contributed by atoms with Crippen LogP contribution < -0.4 is 10.6 Å². The van der Waals surface area contributed by atoms with Crippen molar-refractivity contribution in [3.05, 3.63) is 42.0 Å². The van der Waals surface area contributed by atoms with Crippen molar-refractivity contribution in [3.8, 4) is 0 Å². The summed E-state index contributed by atoms with van der Waals surface area (Å²) < 4.78 is 0. The molecule has 1 heterocycles. The Labute approximate surface area is 150 Å². The van der Waals surface area contributed by atoms with Gasteiger partial charge in [0.2, 0.25) is 5.91 Å². The molecular weight excluding hydrogens is 314 g/mol. The molecule has 1 aromatic carbocycles. The molecule has 3 amide bonds.